The Kier molecular flexibility index (Phi) is 7.37. The van der Waals surface area contributed by atoms with E-state index < -0.39 is 0 Å². The lowest BCUT2D eigenvalue weighted by Gasteiger charge is -2.26. The largest absolute Gasteiger partial charge is 0.493 e. The van der Waals surface area contributed by atoms with Gasteiger partial charge in [0.1, 0.15) is 6.61 Å². The number of rotatable bonds is 8. The molecule has 1 aromatic carbocycles. The van der Waals surface area contributed by atoms with Crippen molar-refractivity contribution < 1.29 is 14.3 Å². The molecule has 2 aromatic rings. The third-order valence-electron chi connectivity index (χ3n) is 4.62. The first-order valence-corrected chi connectivity index (χ1v) is 9.53. The number of ether oxygens (including phenoxy) is 2. The Bertz CT molecular complexity index is 789. The first-order valence-electron chi connectivity index (χ1n) is 9.53. The Labute approximate surface area is 165 Å². The predicted molar refractivity (Wildman–Crippen MR) is 108 cm³/mol. The van der Waals surface area contributed by atoms with Gasteiger partial charge in [-0.05, 0) is 61.8 Å². The molecule has 0 bridgehead atoms. The fraction of sp³-hybridized carbons (Fsp3) is 0.381. The van der Waals surface area contributed by atoms with Gasteiger partial charge in [-0.1, -0.05) is 6.42 Å². The fourth-order valence-corrected chi connectivity index (χ4v) is 3.08. The van der Waals surface area contributed by atoms with E-state index in [0.717, 1.165) is 25.2 Å². The third kappa shape index (κ3) is 5.79. The number of benzene rings is 1. The quantitative estimate of drug-likeness (QED) is 0.561. The smallest absolute Gasteiger partial charge is 0.271 e. The van der Waals surface area contributed by atoms with Gasteiger partial charge in [0.15, 0.2) is 11.5 Å². The number of piperidine rings is 1. The summed E-state index contributed by atoms with van der Waals surface area (Å²) in [5, 5.41) is 4.00. The number of methoxy groups -OCH3 is 1. The van der Waals surface area contributed by atoms with E-state index in [2.05, 4.69) is 20.4 Å². The van der Waals surface area contributed by atoms with Crippen LogP contribution in [0.15, 0.2) is 47.8 Å². The molecule has 1 amide bonds. The summed E-state index contributed by atoms with van der Waals surface area (Å²) in [6.45, 7) is 3.86. The summed E-state index contributed by atoms with van der Waals surface area (Å²) in [6.07, 6.45) is 8.57. The summed E-state index contributed by atoms with van der Waals surface area (Å²) in [7, 11) is 1.61. The number of nitrogens with zero attached hydrogens (tertiary/aromatic N) is 3. The Morgan fingerprint density at radius 1 is 1.18 bits per heavy atom. The van der Waals surface area contributed by atoms with E-state index in [1.54, 1.807) is 37.9 Å². The van der Waals surface area contributed by atoms with Crippen molar-refractivity contribution in [2.45, 2.75) is 19.3 Å². The summed E-state index contributed by atoms with van der Waals surface area (Å²) >= 11 is 0. The Hall–Kier alpha value is -2.93. The van der Waals surface area contributed by atoms with Gasteiger partial charge >= 0.3 is 0 Å². The van der Waals surface area contributed by atoms with Crippen LogP contribution in [0.1, 0.15) is 35.2 Å². The molecule has 0 radical (unpaired) electrons. The van der Waals surface area contributed by atoms with Crippen molar-refractivity contribution in [2.75, 3.05) is 33.4 Å². The number of hydrogen-bond donors (Lipinski definition) is 1. The lowest BCUT2D eigenvalue weighted by molar-refractivity contribution is 0.0955. The maximum Gasteiger partial charge on any atom is 0.271 e. The van der Waals surface area contributed by atoms with E-state index in [9.17, 15) is 4.79 Å². The zero-order chi connectivity index (χ0) is 19.6. The van der Waals surface area contributed by atoms with E-state index in [1.807, 2.05) is 18.2 Å². The van der Waals surface area contributed by atoms with E-state index in [4.69, 9.17) is 9.47 Å². The molecule has 0 saturated carbocycles. The van der Waals surface area contributed by atoms with Crippen molar-refractivity contribution in [1.82, 2.24) is 15.3 Å². The normalized spacial score (nSPS) is 14.8. The first kappa shape index (κ1) is 19.8. The van der Waals surface area contributed by atoms with E-state index in [1.165, 1.54) is 19.3 Å². The summed E-state index contributed by atoms with van der Waals surface area (Å²) < 4.78 is 11.3. The summed E-state index contributed by atoms with van der Waals surface area (Å²) in [5.41, 5.74) is 3.80. The van der Waals surface area contributed by atoms with Crippen molar-refractivity contribution in [2.24, 2.45) is 5.10 Å². The number of aromatic nitrogens is 1. The van der Waals surface area contributed by atoms with Crippen LogP contribution in [-0.4, -0.2) is 55.4 Å². The molecule has 1 aromatic heterocycles. The minimum absolute atomic E-state index is 0.289. The molecule has 148 valence electrons. The number of carbonyl (C=O) groups is 1. The number of carbonyl (C=O) groups excluding carboxylic acids is 1. The summed E-state index contributed by atoms with van der Waals surface area (Å²) in [4.78, 5) is 18.3. The van der Waals surface area contributed by atoms with Crippen LogP contribution >= 0.6 is 0 Å². The molecule has 2 heterocycles. The van der Waals surface area contributed by atoms with Gasteiger partial charge < -0.3 is 9.47 Å². The topological polar surface area (TPSA) is 76.0 Å². The van der Waals surface area contributed by atoms with Gasteiger partial charge in [0.05, 0.1) is 13.3 Å². The average Bonchev–Trinajstić information content (AvgIpc) is 2.75. The molecule has 7 heteroatoms. The van der Waals surface area contributed by atoms with Crippen molar-refractivity contribution in [3.05, 3.63) is 53.9 Å². The molecule has 0 aliphatic carbocycles. The maximum atomic E-state index is 12.0. The minimum atomic E-state index is -0.289. The predicted octanol–water partition coefficient (Wildman–Crippen LogP) is 2.72. The van der Waals surface area contributed by atoms with Gasteiger partial charge in [-0.15, -0.1) is 0 Å². The molecule has 1 fully saturated rings. The van der Waals surface area contributed by atoms with Crippen LogP contribution in [-0.2, 0) is 0 Å². The Balaban J connectivity index is 1.52. The Morgan fingerprint density at radius 3 is 2.71 bits per heavy atom. The lowest BCUT2D eigenvalue weighted by atomic mass is 10.1. The van der Waals surface area contributed by atoms with Gasteiger partial charge in [0.2, 0.25) is 0 Å². The number of pyridine rings is 1. The van der Waals surface area contributed by atoms with Crippen molar-refractivity contribution in [3.63, 3.8) is 0 Å². The molecule has 28 heavy (non-hydrogen) atoms. The highest BCUT2D eigenvalue weighted by atomic mass is 16.5. The van der Waals surface area contributed by atoms with Gasteiger partial charge in [-0.3, -0.25) is 14.7 Å². The molecule has 7 nitrogen and oxygen atoms in total. The Morgan fingerprint density at radius 2 is 1.96 bits per heavy atom. The third-order valence-corrected chi connectivity index (χ3v) is 4.62. The molecule has 3 rings (SSSR count). The molecule has 1 aliphatic heterocycles. The maximum absolute atomic E-state index is 12.0. The molecule has 0 atom stereocenters. The van der Waals surface area contributed by atoms with Crippen molar-refractivity contribution >= 4 is 12.1 Å². The van der Waals surface area contributed by atoms with Crippen LogP contribution in [0.4, 0.5) is 0 Å². The lowest BCUT2D eigenvalue weighted by Crippen LogP contribution is -2.33. The summed E-state index contributed by atoms with van der Waals surface area (Å²) in [6, 6.07) is 8.83. The average molecular weight is 382 g/mol. The van der Waals surface area contributed by atoms with Crippen LogP contribution < -0.4 is 14.9 Å². The molecule has 1 N–H and O–H groups in total. The van der Waals surface area contributed by atoms with Gasteiger partial charge in [0, 0.05) is 24.5 Å². The van der Waals surface area contributed by atoms with Gasteiger partial charge in [0.25, 0.3) is 5.91 Å². The second-order valence-corrected chi connectivity index (χ2v) is 6.60. The molecule has 1 saturated heterocycles. The molecular weight excluding hydrogens is 356 g/mol. The van der Waals surface area contributed by atoms with Crippen LogP contribution in [0.5, 0.6) is 11.5 Å². The summed E-state index contributed by atoms with van der Waals surface area (Å²) in [5.74, 6) is 1.06. The first-order chi connectivity index (χ1) is 13.8. The molecule has 0 unspecified atom stereocenters. The standard InChI is InChI=1S/C21H26N4O3/c1-27-20-15-17(16-23-24-21(26)18-7-9-22-10-8-18)5-6-19(20)28-14-13-25-11-3-2-4-12-25/h5-10,15-16H,2-4,11-14H2,1H3,(H,24,26). The highest BCUT2D eigenvalue weighted by molar-refractivity contribution is 5.94. The van der Waals surface area contributed by atoms with Gasteiger partial charge in [-0.25, -0.2) is 5.43 Å². The van der Waals surface area contributed by atoms with E-state index in [0.29, 0.717) is 23.7 Å². The number of amides is 1. The second kappa shape index (κ2) is 10.4. The fourth-order valence-electron chi connectivity index (χ4n) is 3.08. The van der Waals surface area contributed by atoms with Gasteiger partial charge in [-0.2, -0.15) is 5.10 Å². The zero-order valence-electron chi connectivity index (χ0n) is 16.1. The zero-order valence-corrected chi connectivity index (χ0v) is 16.1. The highest BCUT2D eigenvalue weighted by Gasteiger charge is 2.11. The molecular formula is C21H26N4O3. The highest BCUT2D eigenvalue weighted by Crippen LogP contribution is 2.27. The van der Waals surface area contributed by atoms with Crippen molar-refractivity contribution in [1.29, 1.82) is 0 Å². The number of likely N-dealkylation sites (tertiary alicyclic amines) is 1. The van der Waals surface area contributed by atoms with Crippen LogP contribution in [0.25, 0.3) is 0 Å². The van der Waals surface area contributed by atoms with E-state index >= 15 is 0 Å². The second-order valence-electron chi connectivity index (χ2n) is 6.60. The number of hydrogen-bond acceptors (Lipinski definition) is 6. The van der Waals surface area contributed by atoms with E-state index in [-0.39, 0.29) is 5.91 Å². The molecule has 1 aliphatic rings. The molecule has 0 spiro atoms. The number of nitrogens with one attached hydrogen (secondary N) is 1. The number of hydrazone groups is 1. The van der Waals surface area contributed by atoms with Crippen LogP contribution in [0.2, 0.25) is 0 Å². The monoisotopic (exact) mass is 382 g/mol. The minimum Gasteiger partial charge on any atom is -0.493 e. The SMILES string of the molecule is COc1cc(C=NNC(=O)c2ccncc2)ccc1OCCN1CCCCC1. The van der Waals surface area contributed by atoms with Crippen LogP contribution in [0, 0.1) is 0 Å². The van der Waals surface area contributed by atoms with Crippen molar-refractivity contribution in [3.8, 4) is 11.5 Å². The van der Waals surface area contributed by atoms with Crippen LogP contribution in [0.3, 0.4) is 0 Å².